The van der Waals surface area contributed by atoms with E-state index in [9.17, 15) is 18.3 Å². The maximum Gasteiger partial charge on any atom is 0.468 e. The Morgan fingerprint density at radius 2 is 1.92 bits per heavy atom. The molecule has 0 bridgehead atoms. The molecule has 0 atom stereocenters. The molecule has 0 aromatic rings. The van der Waals surface area contributed by atoms with Crippen LogP contribution in [-0.2, 0) is 15.4 Å². The van der Waals surface area contributed by atoms with Gasteiger partial charge in [-0.25, -0.2) is 9.90 Å². The summed E-state index contributed by atoms with van der Waals surface area (Å²) >= 11 is 0. The molecular formula is C5H10NO5S. The second kappa shape index (κ2) is 3.72. The van der Waals surface area contributed by atoms with Gasteiger partial charge in [-0.2, -0.15) is 12.7 Å². The van der Waals surface area contributed by atoms with E-state index in [1.54, 1.807) is 13.8 Å². The molecule has 7 heteroatoms. The second-order valence-electron chi connectivity index (χ2n) is 2.67. The van der Waals surface area contributed by atoms with E-state index in [0.29, 0.717) is 0 Å². The smallest absolute Gasteiger partial charge is 0.269 e. The minimum Gasteiger partial charge on any atom is -0.269 e. The van der Waals surface area contributed by atoms with E-state index in [0.717, 1.165) is 0 Å². The van der Waals surface area contributed by atoms with Gasteiger partial charge in [-0.3, -0.25) is 4.55 Å². The molecule has 1 N–H and O–H groups in total. The van der Waals surface area contributed by atoms with Crippen LogP contribution in [0.4, 0.5) is 4.79 Å². The van der Waals surface area contributed by atoms with Crippen molar-refractivity contribution in [3.63, 3.8) is 0 Å². The van der Waals surface area contributed by atoms with Gasteiger partial charge in [0.1, 0.15) is 0 Å². The maximum atomic E-state index is 10.4. The topological polar surface area (TPSA) is 94.6 Å². The van der Waals surface area contributed by atoms with Crippen LogP contribution in [0.15, 0.2) is 0 Å². The van der Waals surface area contributed by atoms with Gasteiger partial charge in [-0.15, -0.1) is 0 Å². The fourth-order valence-corrected chi connectivity index (χ4v) is 1.27. The van der Waals surface area contributed by atoms with Crippen molar-refractivity contribution in [1.29, 1.82) is 0 Å². The molecule has 12 heavy (non-hydrogen) atoms. The average Bonchev–Trinajstić information content (AvgIpc) is 1.79. The molecular weight excluding hydrogens is 186 g/mol. The number of carbonyl (C=O) groups excluding carboxylic acids is 1. The van der Waals surface area contributed by atoms with Crippen LogP contribution in [0, 0.1) is 5.92 Å². The molecule has 0 saturated heterocycles. The first-order chi connectivity index (χ1) is 5.25. The zero-order valence-corrected chi connectivity index (χ0v) is 7.54. The predicted octanol–water partition coefficient (Wildman–Crippen LogP) is 0.298. The molecule has 1 radical (unpaired) electrons. The van der Waals surface area contributed by atoms with Crippen LogP contribution in [-0.4, -0.2) is 29.9 Å². The highest BCUT2D eigenvalue weighted by molar-refractivity contribution is 7.83. The summed E-state index contributed by atoms with van der Waals surface area (Å²) in [6.07, 6.45) is -1.92. The molecule has 0 aliphatic rings. The van der Waals surface area contributed by atoms with E-state index in [1.807, 2.05) is 0 Å². The summed E-state index contributed by atoms with van der Waals surface area (Å²) < 4.78 is 29.0. The second-order valence-corrected chi connectivity index (χ2v) is 4.01. The SMILES string of the molecule is CC(C)CN(C([O])=O)S(=O)(=O)O. The third-order valence-corrected chi connectivity index (χ3v) is 1.87. The number of hydrogen-bond acceptors (Lipinski definition) is 3. The summed E-state index contributed by atoms with van der Waals surface area (Å²) in [6.45, 7) is 2.92. The van der Waals surface area contributed by atoms with Gasteiger partial charge in [0.25, 0.3) is 0 Å². The lowest BCUT2D eigenvalue weighted by molar-refractivity contribution is 0.139. The third-order valence-electron chi connectivity index (χ3n) is 1.01. The molecule has 0 rings (SSSR count). The minimum atomic E-state index is -4.69. The van der Waals surface area contributed by atoms with Crippen molar-refractivity contribution in [2.75, 3.05) is 6.54 Å². The molecule has 6 nitrogen and oxygen atoms in total. The van der Waals surface area contributed by atoms with Gasteiger partial charge in [0.15, 0.2) is 0 Å². The standard InChI is InChI=1S/C5H10NO5S/c1-4(2)3-6(5(7)8)12(9,10)11/h4H,3H2,1-2H3,(H,9,10,11). The lowest BCUT2D eigenvalue weighted by atomic mass is 10.2. The van der Waals surface area contributed by atoms with Crippen molar-refractivity contribution in [2.45, 2.75) is 13.8 Å². The van der Waals surface area contributed by atoms with Crippen LogP contribution in [0.1, 0.15) is 13.8 Å². The summed E-state index contributed by atoms with van der Waals surface area (Å²) in [7, 11) is -4.69. The van der Waals surface area contributed by atoms with Gasteiger partial charge < -0.3 is 0 Å². The predicted molar refractivity (Wildman–Crippen MR) is 39.2 cm³/mol. The molecule has 0 heterocycles. The average molecular weight is 196 g/mol. The van der Waals surface area contributed by atoms with E-state index in [4.69, 9.17) is 4.55 Å². The Balaban J connectivity index is 4.59. The van der Waals surface area contributed by atoms with Crippen molar-refractivity contribution in [3.05, 3.63) is 0 Å². The van der Waals surface area contributed by atoms with E-state index >= 15 is 0 Å². The van der Waals surface area contributed by atoms with Crippen LogP contribution in [0.25, 0.3) is 0 Å². The first-order valence-corrected chi connectivity index (χ1v) is 4.61. The summed E-state index contributed by atoms with van der Waals surface area (Å²) in [5.41, 5.74) is 0. The Morgan fingerprint density at radius 1 is 1.50 bits per heavy atom. The fraction of sp³-hybridized carbons (Fsp3) is 0.800. The van der Waals surface area contributed by atoms with Crippen LogP contribution in [0.5, 0.6) is 0 Å². The third kappa shape index (κ3) is 3.54. The van der Waals surface area contributed by atoms with Crippen molar-refractivity contribution in [1.82, 2.24) is 4.31 Å². The highest BCUT2D eigenvalue weighted by atomic mass is 32.2. The van der Waals surface area contributed by atoms with Crippen molar-refractivity contribution in [3.8, 4) is 0 Å². The summed E-state index contributed by atoms with van der Waals surface area (Å²) in [5, 5.41) is 10.2. The molecule has 71 valence electrons. The van der Waals surface area contributed by atoms with Crippen molar-refractivity contribution >= 4 is 16.4 Å². The Labute approximate surface area is 70.7 Å². The van der Waals surface area contributed by atoms with Crippen molar-refractivity contribution in [2.24, 2.45) is 5.92 Å². The molecule has 0 aromatic carbocycles. The van der Waals surface area contributed by atoms with Crippen LogP contribution in [0.2, 0.25) is 0 Å². The molecule has 0 aliphatic carbocycles. The zero-order chi connectivity index (χ0) is 9.94. The van der Waals surface area contributed by atoms with E-state index in [-0.39, 0.29) is 16.8 Å². The lowest BCUT2D eigenvalue weighted by Crippen LogP contribution is -2.37. The van der Waals surface area contributed by atoms with Crippen LogP contribution >= 0.6 is 0 Å². The quantitative estimate of drug-likeness (QED) is 0.656. The summed E-state index contributed by atoms with van der Waals surface area (Å²) in [6, 6.07) is 0. The molecule has 0 spiro atoms. The van der Waals surface area contributed by atoms with E-state index in [2.05, 4.69) is 0 Å². The summed E-state index contributed by atoms with van der Waals surface area (Å²) in [5.74, 6) is -0.204. The van der Waals surface area contributed by atoms with Gasteiger partial charge in [0, 0.05) is 6.54 Å². The highest BCUT2D eigenvalue weighted by Crippen LogP contribution is 2.03. The normalized spacial score (nSPS) is 11.7. The fourth-order valence-electron chi connectivity index (χ4n) is 0.595. The van der Waals surface area contributed by atoms with Gasteiger partial charge >= 0.3 is 16.4 Å². The van der Waals surface area contributed by atoms with Crippen LogP contribution < -0.4 is 0 Å². The molecule has 0 aromatic heterocycles. The van der Waals surface area contributed by atoms with Gasteiger partial charge in [-0.05, 0) is 5.92 Å². The maximum absolute atomic E-state index is 10.4. The lowest BCUT2D eigenvalue weighted by Gasteiger charge is -2.15. The number of hydrogen-bond donors (Lipinski definition) is 1. The summed E-state index contributed by atoms with van der Waals surface area (Å²) in [4.78, 5) is 10.2. The van der Waals surface area contributed by atoms with Gasteiger partial charge in [0.05, 0.1) is 0 Å². The highest BCUT2D eigenvalue weighted by Gasteiger charge is 2.26. The van der Waals surface area contributed by atoms with Gasteiger partial charge in [-0.1, -0.05) is 13.8 Å². The Kier molecular flexibility index (Phi) is 3.47. The molecule has 0 saturated carbocycles. The van der Waals surface area contributed by atoms with E-state index < -0.39 is 16.4 Å². The Bertz CT molecular complexity index is 257. The Morgan fingerprint density at radius 3 is 2.00 bits per heavy atom. The van der Waals surface area contributed by atoms with Crippen LogP contribution in [0.3, 0.4) is 0 Å². The first-order valence-electron chi connectivity index (χ1n) is 3.21. The largest absolute Gasteiger partial charge is 0.468 e. The van der Waals surface area contributed by atoms with Crippen molar-refractivity contribution < 1.29 is 22.9 Å². The number of rotatable bonds is 3. The Hall–Kier alpha value is -0.820. The number of nitrogens with zero attached hydrogens (tertiary/aromatic N) is 1. The van der Waals surface area contributed by atoms with Gasteiger partial charge in [0.2, 0.25) is 0 Å². The molecule has 0 fully saturated rings. The monoisotopic (exact) mass is 196 g/mol. The molecule has 1 amide bonds. The number of carbonyl (C=O) groups is 1. The molecule has 0 unspecified atom stereocenters. The molecule has 0 aliphatic heterocycles. The first kappa shape index (κ1) is 11.2. The zero-order valence-electron chi connectivity index (χ0n) is 6.72. The minimum absolute atomic E-state index is 0.113. The number of amides is 1. The van der Waals surface area contributed by atoms with E-state index in [1.165, 1.54) is 0 Å².